The SMILES string of the molecule is CC(S)[C@@H](CCC(=O)O)c1cc(I)ccc1O. The van der Waals surface area contributed by atoms with Crippen molar-refractivity contribution in [3.05, 3.63) is 27.3 Å². The quantitative estimate of drug-likeness (QED) is 0.554. The first kappa shape index (κ1) is 14.6. The fraction of sp³-hybridized carbons (Fsp3) is 0.417. The molecule has 1 aromatic carbocycles. The number of thiol groups is 1. The molecule has 1 unspecified atom stereocenters. The van der Waals surface area contributed by atoms with Gasteiger partial charge in [-0.25, -0.2) is 0 Å². The van der Waals surface area contributed by atoms with E-state index in [-0.39, 0.29) is 23.3 Å². The Balaban J connectivity index is 2.96. The summed E-state index contributed by atoms with van der Waals surface area (Å²) in [7, 11) is 0. The summed E-state index contributed by atoms with van der Waals surface area (Å²) in [6.45, 7) is 1.91. The van der Waals surface area contributed by atoms with Crippen molar-refractivity contribution >= 4 is 41.2 Å². The maximum atomic E-state index is 10.6. The number of hydrogen-bond acceptors (Lipinski definition) is 3. The van der Waals surface area contributed by atoms with Crippen LogP contribution in [0, 0.1) is 3.57 Å². The van der Waals surface area contributed by atoms with E-state index >= 15 is 0 Å². The van der Waals surface area contributed by atoms with Crippen LogP contribution in [0.4, 0.5) is 0 Å². The van der Waals surface area contributed by atoms with Gasteiger partial charge in [-0.1, -0.05) is 6.92 Å². The molecule has 1 rings (SSSR count). The minimum atomic E-state index is -0.825. The second kappa shape index (κ2) is 6.49. The lowest BCUT2D eigenvalue weighted by atomic mass is 9.91. The van der Waals surface area contributed by atoms with Gasteiger partial charge in [0.1, 0.15) is 5.75 Å². The molecule has 0 aliphatic rings. The lowest BCUT2D eigenvalue weighted by molar-refractivity contribution is -0.137. The van der Waals surface area contributed by atoms with Crippen molar-refractivity contribution in [3.63, 3.8) is 0 Å². The fourth-order valence-corrected chi connectivity index (χ4v) is 2.58. The highest BCUT2D eigenvalue weighted by atomic mass is 127. The van der Waals surface area contributed by atoms with Crippen molar-refractivity contribution in [3.8, 4) is 5.75 Å². The van der Waals surface area contributed by atoms with Gasteiger partial charge in [-0.2, -0.15) is 12.6 Å². The topological polar surface area (TPSA) is 57.5 Å². The average molecular weight is 366 g/mol. The molecular formula is C12H15IO3S. The van der Waals surface area contributed by atoms with Gasteiger partial charge in [0.25, 0.3) is 0 Å². The summed E-state index contributed by atoms with van der Waals surface area (Å²) < 4.78 is 1.02. The lowest BCUT2D eigenvalue weighted by Crippen LogP contribution is -2.12. The zero-order chi connectivity index (χ0) is 13.0. The average Bonchev–Trinajstić information content (AvgIpc) is 2.22. The highest BCUT2D eigenvalue weighted by molar-refractivity contribution is 14.1. The Morgan fingerprint density at radius 1 is 1.53 bits per heavy atom. The lowest BCUT2D eigenvalue weighted by Gasteiger charge is -2.21. The van der Waals surface area contributed by atoms with Crippen molar-refractivity contribution in [1.82, 2.24) is 0 Å². The number of rotatable bonds is 5. The summed E-state index contributed by atoms with van der Waals surface area (Å²) in [6.07, 6.45) is 0.564. The Morgan fingerprint density at radius 3 is 2.71 bits per heavy atom. The predicted molar refractivity (Wildman–Crippen MR) is 78.9 cm³/mol. The molecule has 17 heavy (non-hydrogen) atoms. The molecule has 0 spiro atoms. The first-order valence-corrected chi connectivity index (χ1v) is 6.89. The van der Waals surface area contributed by atoms with E-state index in [9.17, 15) is 9.90 Å². The molecule has 94 valence electrons. The van der Waals surface area contributed by atoms with E-state index < -0.39 is 5.97 Å². The van der Waals surface area contributed by atoms with Crippen LogP contribution in [0.5, 0.6) is 5.75 Å². The number of carbonyl (C=O) groups is 1. The van der Waals surface area contributed by atoms with Crippen LogP contribution in [0.2, 0.25) is 0 Å². The fourth-order valence-electron chi connectivity index (χ4n) is 1.76. The Hall–Kier alpha value is -0.430. The summed E-state index contributed by atoms with van der Waals surface area (Å²) in [6, 6.07) is 5.34. The highest BCUT2D eigenvalue weighted by Gasteiger charge is 2.21. The summed E-state index contributed by atoms with van der Waals surface area (Å²) in [5, 5.41) is 18.6. The van der Waals surface area contributed by atoms with Crippen LogP contribution >= 0.6 is 35.2 Å². The molecular weight excluding hydrogens is 351 g/mol. The summed E-state index contributed by atoms with van der Waals surface area (Å²) in [5.41, 5.74) is 0.778. The minimum Gasteiger partial charge on any atom is -0.508 e. The molecule has 2 N–H and O–H groups in total. The van der Waals surface area contributed by atoms with Gasteiger partial charge in [0.15, 0.2) is 0 Å². The van der Waals surface area contributed by atoms with Gasteiger partial charge in [-0.15, -0.1) is 0 Å². The van der Waals surface area contributed by atoms with Crippen LogP contribution in [-0.2, 0) is 4.79 Å². The highest BCUT2D eigenvalue weighted by Crippen LogP contribution is 2.34. The van der Waals surface area contributed by atoms with Gasteiger partial charge in [-0.05, 0) is 58.7 Å². The second-order valence-corrected chi connectivity index (χ2v) is 6.04. The third kappa shape index (κ3) is 4.39. The molecule has 0 amide bonds. The number of hydrogen-bond donors (Lipinski definition) is 3. The Kier molecular flexibility index (Phi) is 5.58. The molecule has 1 aromatic rings. The zero-order valence-corrected chi connectivity index (χ0v) is 12.5. The van der Waals surface area contributed by atoms with Crippen LogP contribution in [0.15, 0.2) is 18.2 Å². The van der Waals surface area contributed by atoms with Crippen LogP contribution in [0.25, 0.3) is 0 Å². The van der Waals surface area contributed by atoms with Crippen molar-refractivity contribution in [2.45, 2.75) is 30.9 Å². The van der Waals surface area contributed by atoms with E-state index in [1.807, 2.05) is 19.1 Å². The molecule has 0 bridgehead atoms. The predicted octanol–water partition coefficient (Wildman–Crippen LogP) is 3.26. The smallest absolute Gasteiger partial charge is 0.303 e. The first-order chi connectivity index (χ1) is 7.91. The van der Waals surface area contributed by atoms with Crippen LogP contribution in [0.1, 0.15) is 31.2 Å². The molecule has 0 aliphatic heterocycles. The number of aliphatic carboxylic acids is 1. The number of benzene rings is 1. The molecule has 0 saturated carbocycles. The van der Waals surface area contributed by atoms with Crippen molar-refractivity contribution in [2.24, 2.45) is 0 Å². The molecule has 2 atom stereocenters. The van der Waals surface area contributed by atoms with Crippen molar-refractivity contribution < 1.29 is 15.0 Å². The molecule has 0 aromatic heterocycles. The third-order valence-corrected chi connectivity index (χ3v) is 3.67. The Labute approximate surface area is 120 Å². The molecule has 5 heteroatoms. The van der Waals surface area contributed by atoms with Gasteiger partial charge in [0.05, 0.1) is 0 Å². The van der Waals surface area contributed by atoms with E-state index in [1.165, 1.54) is 0 Å². The second-order valence-electron chi connectivity index (χ2n) is 3.98. The van der Waals surface area contributed by atoms with Crippen LogP contribution in [0.3, 0.4) is 0 Å². The summed E-state index contributed by atoms with van der Waals surface area (Å²) in [4.78, 5) is 10.6. The van der Waals surface area contributed by atoms with Gasteiger partial charge >= 0.3 is 5.97 Å². The largest absolute Gasteiger partial charge is 0.508 e. The number of halogens is 1. The Morgan fingerprint density at radius 2 is 2.18 bits per heavy atom. The number of aromatic hydroxyl groups is 1. The third-order valence-electron chi connectivity index (χ3n) is 2.64. The van der Waals surface area contributed by atoms with Crippen molar-refractivity contribution in [1.29, 1.82) is 0 Å². The standard InChI is InChI=1S/C12H15IO3S/c1-7(17)9(3-5-12(15)16)10-6-8(13)2-4-11(10)14/h2,4,6-7,9,14,17H,3,5H2,1H3,(H,15,16)/t7?,9-/m1/s1. The van der Waals surface area contributed by atoms with E-state index in [2.05, 4.69) is 35.2 Å². The van der Waals surface area contributed by atoms with Gasteiger partial charge < -0.3 is 10.2 Å². The first-order valence-electron chi connectivity index (χ1n) is 5.30. The van der Waals surface area contributed by atoms with Crippen LogP contribution in [-0.4, -0.2) is 21.4 Å². The van der Waals surface area contributed by atoms with E-state index in [1.54, 1.807) is 6.07 Å². The summed E-state index contributed by atoms with van der Waals surface area (Å²) in [5.74, 6) is -0.667. The maximum Gasteiger partial charge on any atom is 0.303 e. The van der Waals surface area contributed by atoms with E-state index in [4.69, 9.17) is 5.11 Å². The molecule has 0 heterocycles. The summed E-state index contributed by atoms with van der Waals surface area (Å²) >= 11 is 6.55. The molecule has 0 fully saturated rings. The van der Waals surface area contributed by atoms with Crippen molar-refractivity contribution in [2.75, 3.05) is 0 Å². The molecule has 0 saturated heterocycles. The van der Waals surface area contributed by atoms with Gasteiger partial charge in [0, 0.05) is 15.2 Å². The van der Waals surface area contributed by atoms with E-state index in [0.717, 1.165) is 9.13 Å². The van der Waals surface area contributed by atoms with E-state index in [0.29, 0.717) is 6.42 Å². The number of phenols is 1. The number of carboxylic acids is 1. The van der Waals surface area contributed by atoms with Crippen LogP contribution < -0.4 is 0 Å². The normalized spacial score (nSPS) is 14.3. The number of phenolic OH excluding ortho intramolecular Hbond substituents is 1. The van der Waals surface area contributed by atoms with Gasteiger partial charge in [0.2, 0.25) is 0 Å². The maximum absolute atomic E-state index is 10.6. The number of carboxylic acid groups (broad SMARTS) is 1. The zero-order valence-electron chi connectivity index (χ0n) is 9.43. The monoisotopic (exact) mass is 366 g/mol. The minimum absolute atomic E-state index is 0.00144. The molecule has 3 nitrogen and oxygen atoms in total. The Bertz CT molecular complexity index is 407. The van der Waals surface area contributed by atoms with Gasteiger partial charge in [-0.3, -0.25) is 4.79 Å². The molecule has 0 aliphatic carbocycles. The molecule has 0 radical (unpaired) electrons.